The van der Waals surface area contributed by atoms with Crippen molar-refractivity contribution in [2.75, 3.05) is 20.7 Å². The lowest BCUT2D eigenvalue weighted by molar-refractivity contribution is -0.138. The maximum atomic E-state index is 13.2. The van der Waals surface area contributed by atoms with Crippen molar-refractivity contribution in [3.63, 3.8) is 0 Å². The van der Waals surface area contributed by atoms with Crippen LogP contribution in [0.25, 0.3) is 0 Å². The van der Waals surface area contributed by atoms with Gasteiger partial charge in [0.2, 0.25) is 0 Å². The third kappa shape index (κ3) is 6.67. The molecule has 0 amide bonds. The van der Waals surface area contributed by atoms with E-state index in [0.29, 0.717) is 12.5 Å². The van der Waals surface area contributed by atoms with Crippen LogP contribution in [0.1, 0.15) is 16.0 Å². The van der Waals surface area contributed by atoms with Gasteiger partial charge in [-0.1, -0.05) is 12.1 Å². The Balaban J connectivity index is 0.00000338. The van der Waals surface area contributed by atoms with Crippen molar-refractivity contribution in [1.82, 2.24) is 10.6 Å². The number of thiophene rings is 1. The summed E-state index contributed by atoms with van der Waals surface area (Å²) in [6.07, 6.45) is -3.61. The molecule has 0 fully saturated rings. The number of halogens is 4. The monoisotopic (exact) mass is 499 g/mol. The van der Waals surface area contributed by atoms with Crippen molar-refractivity contribution >= 4 is 41.3 Å². The highest BCUT2D eigenvalue weighted by molar-refractivity contribution is 14.0. The van der Waals surface area contributed by atoms with Crippen LogP contribution >= 0.6 is 35.3 Å². The Morgan fingerprint density at radius 1 is 1.23 bits per heavy atom. The molecule has 9 heteroatoms. The van der Waals surface area contributed by atoms with Crippen LogP contribution in [0, 0.1) is 0 Å². The summed E-state index contributed by atoms with van der Waals surface area (Å²) in [5, 5.41) is 8.02. The fourth-order valence-corrected chi connectivity index (χ4v) is 2.97. The smallest absolute Gasteiger partial charge is 0.416 e. The fraction of sp³-hybridized carbons (Fsp3) is 0.353. The van der Waals surface area contributed by atoms with Gasteiger partial charge in [-0.05, 0) is 35.6 Å². The van der Waals surface area contributed by atoms with E-state index < -0.39 is 11.7 Å². The van der Waals surface area contributed by atoms with Crippen molar-refractivity contribution in [3.8, 4) is 5.75 Å². The molecule has 0 aliphatic rings. The van der Waals surface area contributed by atoms with Crippen molar-refractivity contribution < 1.29 is 17.9 Å². The van der Waals surface area contributed by atoms with E-state index in [0.717, 1.165) is 12.5 Å². The second-order valence-corrected chi connectivity index (χ2v) is 6.23. The van der Waals surface area contributed by atoms with Gasteiger partial charge in [0.15, 0.2) is 5.96 Å². The number of ether oxygens (including phenoxy) is 1. The molecule has 2 aromatic rings. The van der Waals surface area contributed by atoms with Gasteiger partial charge in [0.25, 0.3) is 0 Å². The first-order valence-corrected chi connectivity index (χ1v) is 8.53. The number of nitrogens with zero attached hydrogens (tertiary/aromatic N) is 1. The molecule has 0 aliphatic heterocycles. The Kier molecular flexibility index (Phi) is 9.20. The van der Waals surface area contributed by atoms with Crippen LogP contribution in [-0.2, 0) is 19.1 Å². The SMILES string of the molecule is CN=C(NCCc1cccs1)NCc1ccc(OC)cc1C(F)(F)F.I. The van der Waals surface area contributed by atoms with Crippen molar-refractivity contribution in [2.24, 2.45) is 4.99 Å². The predicted octanol–water partition coefficient (Wildman–Crippen LogP) is 4.30. The maximum Gasteiger partial charge on any atom is 0.416 e. The maximum absolute atomic E-state index is 13.2. The predicted molar refractivity (Wildman–Crippen MR) is 110 cm³/mol. The van der Waals surface area contributed by atoms with E-state index in [-0.39, 0.29) is 41.8 Å². The third-order valence-electron chi connectivity index (χ3n) is 3.54. The third-order valence-corrected chi connectivity index (χ3v) is 4.47. The zero-order chi connectivity index (χ0) is 18.3. The molecule has 0 atom stereocenters. The molecule has 2 rings (SSSR count). The lowest BCUT2D eigenvalue weighted by Gasteiger charge is -2.16. The molecule has 4 nitrogen and oxygen atoms in total. The molecule has 1 aromatic carbocycles. The summed E-state index contributed by atoms with van der Waals surface area (Å²) < 4.78 is 44.5. The molecule has 26 heavy (non-hydrogen) atoms. The highest BCUT2D eigenvalue weighted by Gasteiger charge is 2.33. The Morgan fingerprint density at radius 3 is 2.58 bits per heavy atom. The number of rotatable bonds is 6. The molecule has 144 valence electrons. The van der Waals surface area contributed by atoms with E-state index in [2.05, 4.69) is 15.6 Å². The highest BCUT2D eigenvalue weighted by Crippen LogP contribution is 2.34. The number of benzene rings is 1. The quantitative estimate of drug-likeness (QED) is 0.354. The van der Waals surface area contributed by atoms with Gasteiger partial charge in [0.1, 0.15) is 5.75 Å². The first kappa shape index (κ1) is 22.6. The minimum absolute atomic E-state index is 0. The number of guanidine groups is 1. The van der Waals surface area contributed by atoms with Gasteiger partial charge in [0.05, 0.1) is 12.7 Å². The lowest BCUT2D eigenvalue weighted by atomic mass is 10.1. The van der Waals surface area contributed by atoms with E-state index in [1.165, 1.54) is 24.1 Å². The summed E-state index contributed by atoms with van der Waals surface area (Å²) in [6.45, 7) is 0.659. The van der Waals surface area contributed by atoms with E-state index in [1.807, 2.05) is 17.5 Å². The van der Waals surface area contributed by atoms with Gasteiger partial charge in [-0.25, -0.2) is 0 Å². The number of hydrogen-bond acceptors (Lipinski definition) is 3. The Bertz CT molecular complexity index is 706. The normalized spacial score (nSPS) is 11.7. The molecule has 0 saturated carbocycles. The average Bonchev–Trinajstić information content (AvgIpc) is 3.10. The van der Waals surface area contributed by atoms with Crippen LogP contribution in [0.5, 0.6) is 5.75 Å². The molecule has 0 unspecified atom stereocenters. The molecule has 0 saturated heterocycles. The zero-order valence-electron chi connectivity index (χ0n) is 14.4. The van der Waals surface area contributed by atoms with Crippen molar-refractivity contribution in [2.45, 2.75) is 19.1 Å². The highest BCUT2D eigenvalue weighted by atomic mass is 127. The Morgan fingerprint density at radius 2 is 2.00 bits per heavy atom. The van der Waals surface area contributed by atoms with Gasteiger partial charge in [0, 0.05) is 25.0 Å². The second-order valence-electron chi connectivity index (χ2n) is 5.20. The number of nitrogens with one attached hydrogen (secondary N) is 2. The Labute approximate surface area is 171 Å². The molecular weight excluding hydrogens is 478 g/mol. The molecule has 1 heterocycles. The van der Waals surface area contributed by atoms with Crippen molar-refractivity contribution in [1.29, 1.82) is 0 Å². The van der Waals surface area contributed by atoms with Crippen LogP contribution < -0.4 is 15.4 Å². The van der Waals surface area contributed by atoms with E-state index in [9.17, 15) is 13.2 Å². The van der Waals surface area contributed by atoms with Gasteiger partial charge >= 0.3 is 6.18 Å². The van der Waals surface area contributed by atoms with Crippen LogP contribution in [0.2, 0.25) is 0 Å². The lowest BCUT2D eigenvalue weighted by Crippen LogP contribution is -2.38. The van der Waals surface area contributed by atoms with Crippen LogP contribution in [0.4, 0.5) is 13.2 Å². The topological polar surface area (TPSA) is 45.7 Å². The largest absolute Gasteiger partial charge is 0.497 e. The summed E-state index contributed by atoms with van der Waals surface area (Å²) in [7, 11) is 2.92. The average molecular weight is 499 g/mol. The minimum Gasteiger partial charge on any atom is -0.497 e. The molecule has 0 bridgehead atoms. The molecule has 0 aliphatic carbocycles. The number of methoxy groups -OCH3 is 1. The fourth-order valence-electron chi connectivity index (χ4n) is 2.26. The summed E-state index contributed by atoms with van der Waals surface area (Å²) in [5.41, 5.74) is -0.581. The summed E-state index contributed by atoms with van der Waals surface area (Å²) in [4.78, 5) is 5.27. The number of hydrogen-bond donors (Lipinski definition) is 2. The van der Waals surface area contributed by atoms with Gasteiger partial charge in [-0.15, -0.1) is 35.3 Å². The van der Waals surface area contributed by atoms with Crippen LogP contribution in [-0.4, -0.2) is 26.7 Å². The summed E-state index contributed by atoms with van der Waals surface area (Å²) >= 11 is 1.66. The second kappa shape index (κ2) is 10.6. The van der Waals surface area contributed by atoms with E-state index in [1.54, 1.807) is 18.4 Å². The van der Waals surface area contributed by atoms with Crippen LogP contribution in [0.15, 0.2) is 40.7 Å². The van der Waals surface area contributed by atoms with Crippen LogP contribution in [0.3, 0.4) is 0 Å². The molecular formula is C17H21F3IN3OS. The van der Waals surface area contributed by atoms with E-state index in [4.69, 9.17) is 4.74 Å². The Hall–Kier alpha value is -1.49. The molecule has 1 aromatic heterocycles. The summed E-state index contributed by atoms with van der Waals surface area (Å²) in [5.74, 6) is 0.634. The van der Waals surface area contributed by atoms with Gasteiger partial charge < -0.3 is 15.4 Å². The minimum atomic E-state index is -4.44. The molecule has 0 radical (unpaired) electrons. The first-order valence-electron chi connectivity index (χ1n) is 7.65. The number of aliphatic imine (C=N–C) groups is 1. The van der Waals surface area contributed by atoms with Crippen molar-refractivity contribution in [3.05, 3.63) is 51.7 Å². The first-order chi connectivity index (χ1) is 11.9. The van der Waals surface area contributed by atoms with Gasteiger partial charge in [-0.3, -0.25) is 4.99 Å². The molecule has 2 N–H and O–H groups in total. The molecule has 0 spiro atoms. The zero-order valence-corrected chi connectivity index (χ0v) is 17.5. The van der Waals surface area contributed by atoms with Gasteiger partial charge in [-0.2, -0.15) is 13.2 Å². The standard InChI is InChI=1S/C17H20F3N3OS.HI/c1-21-16(22-8-7-14-4-3-9-25-14)23-11-12-5-6-13(24-2)10-15(12)17(18,19)20;/h3-6,9-10H,7-8,11H2,1-2H3,(H2,21,22,23);1H. The number of alkyl halides is 3. The summed E-state index contributed by atoms with van der Waals surface area (Å²) in [6, 6.07) is 7.95. The van der Waals surface area contributed by atoms with E-state index >= 15 is 0 Å².